The third-order valence-electron chi connectivity index (χ3n) is 4.14. The summed E-state index contributed by atoms with van der Waals surface area (Å²) in [4.78, 5) is 20.9. The van der Waals surface area contributed by atoms with Crippen LogP contribution in [-0.4, -0.2) is 21.9 Å². The van der Waals surface area contributed by atoms with Crippen LogP contribution in [0.25, 0.3) is 0 Å². The summed E-state index contributed by atoms with van der Waals surface area (Å²) in [5.74, 6) is 0.316. The number of aryl methyl sites for hydroxylation is 1. The van der Waals surface area contributed by atoms with Crippen molar-refractivity contribution in [1.82, 2.24) is 9.97 Å². The van der Waals surface area contributed by atoms with Gasteiger partial charge < -0.3 is 10.6 Å². The number of carbonyl (C=O) groups excluding carboxylic acids is 1. The molecular weight excluding hydrogens is 288 g/mol. The SMILES string of the molecule is Cc1ccc(NC(=O)c2ccnc(NC3CCCCC3)n2)cc1. The number of carbonyl (C=O) groups is 1. The Balaban J connectivity index is 1.66. The molecule has 1 fully saturated rings. The molecule has 5 nitrogen and oxygen atoms in total. The second-order valence-corrected chi connectivity index (χ2v) is 6.06. The molecule has 2 N–H and O–H groups in total. The summed E-state index contributed by atoms with van der Waals surface area (Å²) in [6, 6.07) is 9.75. The van der Waals surface area contributed by atoms with Crippen molar-refractivity contribution in [3.8, 4) is 0 Å². The number of aromatic nitrogens is 2. The largest absolute Gasteiger partial charge is 0.351 e. The number of rotatable bonds is 4. The molecular formula is C18H22N4O. The number of nitrogens with one attached hydrogen (secondary N) is 2. The Kier molecular flexibility index (Phi) is 4.86. The highest BCUT2D eigenvalue weighted by Crippen LogP contribution is 2.20. The first-order chi connectivity index (χ1) is 11.2. The van der Waals surface area contributed by atoms with Crippen molar-refractivity contribution in [2.45, 2.75) is 45.1 Å². The Morgan fingerprint density at radius 1 is 1.09 bits per heavy atom. The lowest BCUT2D eigenvalue weighted by molar-refractivity contribution is 0.102. The molecule has 1 heterocycles. The summed E-state index contributed by atoms with van der Waals surface area (Å²) >= 11 is 0. The Morgan fingerprint density at radius 2 is 1.83 bits per heavy atom. The van der Waals surface area contributed by atoms with E-state index in [9.17, 15) is 4.79 Å². The van der Waals surface area contributed by atoms with Crippen molar-refractivity contribution in [2.24, 2.45) is 0 Å². The normalized spacial score (nSPS) is 15.2. The van der Waals surface area contributed by atoms with E-state index < -0.39 is 0 Å². The topological polar surface area (TPSA) is 66.9 Å². The van der Waals surface area contributed by atoms with Crippen LogP contribution in [0, 0.1) is 6.92 Å². The van der Waals surface area contributed by atoms with Gasteiger partial charge in [0.15, 0.2) is 0 Å². The molecule has 1 aliphatic carbocycles. The molecule has 5 heteroatoms. The molecule has 0 bridgehead atoms. The number of nitrogens with zero attached hydrogens (tertiary/aromatic N) is 2. The van der Waals surface area contributed by atoms with E-state index in [1.807, 2.05) is 31.2 Å². The first-order valence-electron chi connectivity index (χ1n) is 8.18. The van der Waals surface area contributed by atoms with Crippen LogP contribution in [0.3, 0.4) is 0 Å². The minimum absolute atomic E-state index is 0.219. The fraction of sp³-hybridized carbons (Fsp3) is 0.389. The number of amides is 1. The quantitative estimate of drug-likeness (QED) is 0.902. The maximum Gasteiger partial charge on any atom is 0.274 e. The molecule has 0 saturated heterocycles. The molecule has 3 rings (SSSR count). The number of hydrogen-bond donors (Lipinski definition) is 2. The smallest absolute Gasteiger partial charge is 0.274 e. The second kappa shape index (κ2) is 7.22. The lowest BCUT2D eigenvalue weighted by Gasteiger charge is -2.22. The number of benzene rings is 1. The molecule has 2 aromatic rings. The summed E-state index contributed by atoms with van der Waals surface area (Å²) in [6.45, 7) is 2.01. The van der Waals surface area contributed by atoms with Gasteiger partial charge in [-0.1, -0.05) is 37.0 Å². The minimum Gasteiger partial charge on any atom is -0.351 e. The zero-order valence-electron chi connectivity index (χ0n) is 13.4. The van der Waals surface area contributed by atoms with Crippen LogP contribution in [0.5, 0.6) is 0 Å². The van der Waals surface area contributed by atoms with E-state index in [0.717, 1.165) is 24.1 Å². The third-order valence-corrected chi connectivity index (χ3v) is 4.14. The average Bonchev–Trinajstić information content (AvgIpc) is 2.58. The standard InChI is InChI=1S/C18H22N4O/c1-13-7-9-15(10-8-13)20-17(23)16-11-12-19-18(22-16)21-14-5-3-2-4-6-14/h7-12,14H,2-6H2,1H3,(H,20,23)(H,19,21,22). The van der Waals surface area contributed by atoms with Gasteiger partial charge in [-0.2, -0.15) is 0 Å². The highest BCUT2D eigenvalue weighted by atomic mass is 16.1. The summed E-state index contributed by atoms with van der Waals surface area (Å²) in [5, 5.41) is 6.20. The molecule has 1 amide bonds. The Bertz CT molecular complexity index is 663. The molecule has 1 saturated carbocycles. The molecule has 23 heavy (non-hydrogen) atoms. The monoisotopic (exact) mass is 310 g/mol. The zero-order valence-corrected chi connectivity index (χ0v) is 13.4. The molecule has 0 aliphatic heterocycles. The lowest BCUT2D eigenvalue weighted by Crippen LogP contribution is -2.24. The lowest BCUT2D eigenvalue weighted by atomic mass is 9.96. The van der Waals surface area contributed by atoms with E-state index in [4.69, 9.17) is 0 Å². The van der Waals surface area contributed by atoms with Crippen LogP contribution in [0.2, 0.25) is 0 Å². The van der Waals surface area contributed by atoms with Gasteiger partial charge in [-0.3, -0.25) is 4.79 Å². The van der Waals surface area contributed by atoms with E-state index in [1.165, 1.54) is 19.3 Å². The van der Waals surface area contributed by atoms with Crippen molar-refractivity contribution in [3.63, 3.8) is 0 Å². The van der Waals surface area contributed by atoms with E-state index in [2.05, 4.69) is 20.6 Å². The summed E-state index contributed by atoms with van der Waals surface area (Å²) in [5.41, 5.74) is 2.30. The Hall–Kier alpha value is -2.43. The van der Waals surface area contributed by atoms with Crippen LogP contribution in [0.15, 0.2) is 36.5 Å². The predicted molar refractivity (Wildman–Crippen MR) is 91.7 cm³/mol. The maximum absolute atomic E-state index is 12.3. The number of anilines is 2. The molecule has 0 unspecified atom stereocenters. The van der Waals surface area contributed by atoms with E-state index in [-0.39, 0.29) is 5.91 Å². The van der Waals surface area contributed by atoms with Gasteiger partial charge in [0.25, 0.3) is 5.91 Å². The van der Waals surface area contributed by atoms with Gasteiger partial charge >= 0.3 is 0 Å². The minimum atomic E-state index is -0.219. The molecule has 0 spiro atoms. The van der Waals surface area contributed by atoms with Crippen LogP contribution >= 0.6 is 0 Å². The highest BCUT2D eigenvalue weighted by Gasteiger charge is 2.15. The molecule has 1 aromatic heterocycles. The maximum atomic E-state index is 12.3. The fourth-order valence-corrected chi connectivity index (χ4v) is 2.82. The van der Waals surface area contributed by atoms with Crippen molar-refractivity contribution in [2.75, 3.05) is 10.6 Å². The summed E-state index contributed by atoms with van der Waals surface area (Å²) < 4.78 is 0. The highest BCUT2D eigenvalue weighted by molar-refractivity contribution is 6.02. The van der Waals surface area contributed by atoms with Crippen LogP contribution < -0.4 is 10.6 Å². The Morgan fingerprint density at radius 3 is 2.57 bits per heavy atom. The van der Waals surface area contributed by atoms with Gasteiger partial charge in [0.1, 0.15) is 5.69 Å². The van der Waals surface area contributed by atoms with E-state index in [0.29, 0.717) is 17.7 Å². The zero-order chi connectivity index (χ0) is 16.1. The predicted octanol–water partition coefficient (Wildman–Crippen LogP) is 3.78. The van der Waals surface area contributed by atoms with Crippen LogP contribution in [0.1, 0.15) is 48.2 Å². The van der Waals surface area contributed by atoms with Gasteiger partial charge in [0.2, 0.25) is 5.95 Å². The molecule has 120 valence electrons. The summed E-state index contributed by atoms with van der Waals surface area (Å²) in [7, 11) is 0. The fourth-order valence-electron chi connectivity index (χ4n) is 2.82. The van der Waals surface area contributed by atoms with Crippen molar-refractivity contribution in [1.29, 1.82) is 0 Å². The van der Waals surface area contributed by atoms with Crippen molar-refractivity contribution < 1.29 is 4.79 Å². The third kappa shape index (κ3) is 4.28. The van der Waals surface area contributed by atoms with Gasteiger partial charge in [0.05, 0.1) is 0 Å². The van der Waals surface area contributed by atoms with Crippen molar-refractivity contribution in [3.05, 3.63) is 47.8 Å². The van der Waals surface area contributed by atoms with Gasteiger partial charge in [-0.25, -0.2) is 9.97 Å². The Labute approximate surface area is 136 Å². The van der Waals surface area contributed by atoms with Crippen LogP contribution in [0.4, 0.5) is 11.6 Å². The molecule has 1 aliphatic rings. The van der Waals surface area contributed by atoms with E-state index >= 15 is 0 Å². The first kappa shape index (κ1) is 15.5. The van der Waals surface area contributed by atoms with E-state index in [1.54, 1.807) is 12.3 Å². The first-order valence-corrected chi connectivity index (χ1v) is 8.18. The molecule has 1 aromatic carbocycles. The van der Waals surface area contributed by atoms with Gasteiger partial charge in [-0.05, 0) is 38.0 Å². The van der Waals surface area contributed by atoms with Crippen LogP contribution in [-0.2, 0) is 0 Å². The summed E-state index contributed by atoms with van der Waals surface area (Å²) in [6.07, 6.45) is 7.70. The average molecular weight is 310 g/mol. The van der Waals surface area contributed by atoms with Crippen molar-refractivity contribution >= 4 is 17.5 Å². The second-order valence-electron chi connectivity index (χ2n) is 6.06. The van der Waals surface area contributed by atoms with Gasteiger partial charge in [0, 0.05) is 17.9 Å². The molecule has 0 radical (unpaired) electrons. The number of hydrogen-bond acceptors (Lipinski definition) is 4. The molecule has 0 atom stereocenters. The van der Waals surface area contributed by atoms with Gasteiger partial charge in [-0.15, -0.1) is 0 Å².